The number of rotatable bonds is 7. The van der Waals surface area contributed by atoms with Crippen molar-refractivity contribution in [3.05, 3.63) is 27.6 Å². The molecule has 0 aromatic carbocycles. The molecule has 1 saturated carbocycles. The Morgan fingerprint density at radius 1 is 1.38 bits per heavy atom. The first kappa shape index (κ1) is 17.4. The van der Waals surface area contributed by atoms with Crippen molar-refractivity contribution in [2.45, 2.75) is 36.9 Å². The number of carbonyl (C=O) groups excluding carboxylic acids is 2. The third kappa shape index (κ3) is 4.17. The van der Waals surface area contributed by atoms with Crippen LogP contribution in [0, 0.1) is 6.92 Å². The van der Waals surface area contributed by atoms with Crippen molar-refractivity contribution >= 4 is 51.3 Å². The van der Waals surface area contributed by atoms with Crippen molar-refractivity contribution in [1.82, 2.24) is 4.98 Å². The van der Waals surface area contributed by atoms with E-state index in [4.69, 9.17) is 4.74 Å². The second-order valence-corrected chi connectivity index (χ2v) is 8.44. The Hall–Kier alpha value is -1.38. The van der Waals surface area contributed by atoms with Crippen molar-refractivity contribution in [3.63, 3.8) is 0 Å². The quantitative estimate of drug-likeness (QED) is 0.571. The molecule has 0 atom stereocenters. The number of hydrogen-bond donors (Lipinski definition) is 1. The number of nitrogens with zero attached hydrogens (tertiary/aromatic N) is 1. The third-order valence-electron chi connectivity index (χ3n) is 3.49. The third-order valence-corrected chi connectivity index (χ3v) is 6.55. The van der Waals surface area contributed by atoms with Gasteiger partial charge in [0.05, 0.1) is 17.9 Å². The number of ether oxygens (including phenoxy) is 1. The normalized spacial score (nSPS) is 13.8. The zero-order valence-corrected chi connectivity index (χ0v) is 15.9. The molecule has 1 N–H and O–H groups in total. The summed E-state index contributed by atoms with van der Waals surface area (Å²) >= 11 is 4.33. The smallest absolute Gasteiger partial charge is 0.341 e. The van der Waals surface area contributed by atoms with Gasteiger partial charge in [-0.15, -0.1) is 22.7 Å². The molecule has 0 radical (unpaired) electrons. The maximum Gasteiger partial charge on any atom is 0.341 e. The van der Waals surface area contributed by atoms with Gasteiger partial charge in [0.2, 0.25) is 5.91 Å². The summed E-state index contributed by atoms with van der Waals surface area (Å²) in [7, 11) is 0. The van der Waals surface area contributed by atoms with E-state index in [1.54, 1.807) is 6.92 Å². The summed E-state index contributed by atoms with van der Waals surface area (Å²) in [4.78, 5) is 28.8. The lowest BCUT2D eigenvalue weighted by atomic mass is 10.1. The first-order chi connectivity index (χ1) is 11.6. The number of esters is 1. The average molecular weight is 383 g/mol. The number of thiophene rings is 1. The zero-order chi connectivity index (χ0) is 17.1. The standard InChI is InChI=1S/C16H18N2O3S3/c1-3-21-15(20)13-11(10-4-5-10)7-22-14(13)18-12(19)8-24-16-17-9(2)6-23-16/h6-7,10H,3-5,8H2,1-2H3,(H,18,19). The molecule has 1 fully saturated rings. The zero-order valence-electron chi connectivity index (χ0n) is 13.5. The first-order valence-corrected chi connectivity index (χ1v) is 10.5. The number of nitrogens with one attached hydrogen (secondary N) is 1. The molecular formula is C16H18N2O3S3. The summed E-state index contributed by atoms with van der Waals surface area (Å²) in [5.74, 6) is 0.215. The van der Waals surface area contributed by atoms with Crippen LogP contribution in [0.1, 0.15) is 47.3 Å². The fourth-order valence-corrected chi connectivity index (χ4v) is 4.96. The highest BCUT2D eigenvalue weighted by Crippen LogP contribution is 2.46. The van der Waals surface area contributed by atoms with Gasteiger partial charge in [0.15, 0.2) is 4.34 Å². The van der Waals surface area contributed by atoms with Gasteiger partial charge < -0.3 is 10.1 Å². The lowest BCUT2D eigenvalue weighted by Crippen LogP contribution is -2.16. The van der Waals surface area contributed by atoms with Crippen molar-refractivity contribution in [1.29, 1.82) is 0 Å². The Kier molecular flexibility index (Phi) is 5.57. The number of amides is 1. The van der Waals surface area contributed by atoms with Crippen LogP contribution in [0.3, 0.4) is 0 Å². The van der Waals surface area contributed by atoms with Gasteiger partial charge in [0, 0.05) is 11.1 Å². The summed E-state index contributed by atoms with van der Waals surface area (Å²) < 4.78 is 6.04. The SMILES string of the molecule is CCOC(=O)c1c(C2CC2)csc1NC(=O)CSc1nc(C)cs1. The predicted molar refractivity (Wildman–Crippen MR) is 98.5 cm³/mol. The molecule has 3 rings (SSSR count). The Bertz CT molecular complexity index is 750. The Morgan fingerprint density at radius 2 is 2.17 bits per heavy atom. The van der Waals surface area contributed by atoms with Crippen molar-refractivity contribution < 1.29 is 14.3 Å². The van der Waals surface area contributed by atoms with E-state index >= 15 is 0 Å². The first-order valence-electron chi connectivity index (χ1n) is 7.71. The van der Waals surface area contributed by atoms with Crippen LogP contribution < -0.4 is 5.32 Å². The summed E-state index contributed by atoms with van der Waals surface area (Å²) in [5.41, 5.74) is 2.50. The lowest BCUT2D eigenvalue weighted by Gasteiger charge is -2.08. The van der Waals surface area contributed by atoms with E-state index in [0.29, 0.717) is 23.1 Å². The minimum Gasteiger partial charge on any atom is -0.462 e. The Balaban J connectivity index is 1.67. The number of thioether (sulfide) groups is 1. The summed E-state index contributed by atoms with van der Waals surface area (Å²) in [5, 5.41) is 7.39. The average Bonchev–Trinajstić information content (AvgIpc) is 3.18. The number of carbonyl (C=O) groups is 2. The second kappa shape index (κ2) is 7.67. The number of anilines is 1. The maximum absolute atomic E-state index is 12.3. The molecule has 0 spiro atoms. The molecule has 2 aromatic rings. The minimum absolute atomic E-state index is 0.136. The molecule has 8 heteroatoms. The summed E-state index contributed by atoms with van der Waals surface area (Å²) in [6, 6.07) is 0. The fraction of sp³-hybridized carbons (Fsp3) is 0.438. The molecule has 0 unspecified atom stereocenters. The highest BCUT2D eigenvalue weighted by atomic mass is 32.2. The van der Waals surface area contributed by atoms with Crippen molar-refractivity contribution in [2.24, 2.45) is 0 Å². The molecule has 24 heavy (non-hydrogen) atoms. The van der Waals surface area contributed by atoms with Gasteiger partial charge in [-0.05, 0) is 43.6 Å². The molecule has 1 aliphatic rings. The monoisotopic (exact) mass is 382 g/mol. The number of aryl methyl sites for hydroxylation is 1. The predicted octanol–water partition coefficient (Wildman–Crippen LogP) is 4.30. The minimum atomic E-state index is -0.348. The summed E-state index contributed by atoms with van der Waals surface area (Å²) in [6.45, 7) is 4.04. The molecule has 2 aromatic heterocycles. The van der Waals surface area contributed by atoms with Crippen LogP contribution in [0.2, 0.25) is 0 Å². The molecular weight excluding hydrogens is 364 g/mol. The van der Waals surface area contributed by atoms with E-state index in [2.05, 4.69) is 10.3 Å². The maximum atomic E-state index is 12.3. The van der Waals surface area contributed by atoms with Gasteiger partial charge in [0.1, 0.15) is 5.00 Å². The van der Waals surface area contributed by atoms with Gasteiger partial charge >= 0.3 is 5.97 Å². The van der Waals surface area contributed by atoms with Crippen LogP contribution in [0.5, 0.6) is 0 Å². The Morgan fingerprint density at radius 3 is 2.79 bits per heavy atom. The van der Waals surface area contributed by atoms with E-state index in [-0.39, 0.29) is 17.6 Å². The number of thiazole rings is 1. The van der Waals surface area contributed by atoms with Gasteiger partial charge in [-0.3, -0.25) is 4.79 Å². The molecule has 0 aliphatic heterocycles. The van der Waals surface area contributed by atoms with E-state index < -0.39 is 0 Å². The van der Waals surface area contributed by atoms with Crippen LogP contribution in [0.25, 0.3) is 0 Å². The highest BCUT2D eigenvalue weighted by Gasteiger charge is 2.32. The molecule has 5 nitrogen and oxygen atoms in total. The molecule has 128 valence electrons. The van der Waals surface area contributed by atoms with Gasteiger partial charge in [-0.25, -0.2) is 9.78 Å². The van der Waals surface area contributed by atoms with Crippen LogP contribution in [0.4, 0.5) is 5.00 Å². The fourth-order valence-electron chi connectivity index (χ4n) is 2.26. The van der Waals surface area contributed by atoms with Gasteiger partial charge in [-0.1, -0.05) is 11.8 Å². The molecule has 2 heterocycles. The van der Waals surface area contributed by atoms with Crippen LogP contribution >= 0.6 is 34.4 Å². The molecule has 0 bridgehead atoms. The van der Waals surface area contributed by atoms with Crippen LogP contribution in [-0.2, 0) is 9.53 Å². The van der Waals surface area contributed by atoms with Gasteiger partial charge in [-0.2, -0.15) is 0 Å². The Labute approximate surface area is 152 Å². The number of aromatic nitrogens is 1. The molecule has 1 amide bonds. The van der Waals surface area contributed by atoms with Crippen LogP contribution in [-0.4, -0.2) is 29.2 Å². The second-order valence-electron chi connectivity index (χ2n) is 5.48. The van der Waals surface area contributed by atoms with Crippen molar-refractivity contribution in [3.8, 4) is 0 Å². The highest BCUT2D eigenvalue weighted by molar-refractivity contribution is 8.01. The summed E-state index contributed by atoms with van der Waals surface area (Å²) in [6.07, 6.45) is 2.19. The van der Waals surface area contributed by atoms with E-state index in [9.17, 15) is 9.59 Å². The molecule has 0 saturated heterocycles. The number of hydrogen-bond acceptors (Lipinski definition) is 7. The largest absolute Gasteiger partial charge is 0.462 e. The van der Waals surface area contributed by atoms with E-state index in [0.717, 1.165) is 28.4 Å². The van der Waals surface area contributed by atoms with Gasteiger partial charge in [0.25, 0.3) is 0 Å². The lowest BCUT2D eigenvalue weighted by molar-refractivity contribution is -0.113. The van der Waals surface area contributed by atoms with E-state index in [1.807, 2.05) is 17.7 Å². The van der Waals surface area contributed by atoms with E-state index in [1.165, 1.54) is 34.4 Å². The molecule has 1 aliphatic carbocycles. The van der Waals surface area contributed by atoms with Crippen molar-refractivity contribution in [2.75, 3.05) is 17.7 Å². The topological polar surface area (TPSA) is 68.3 Å². The van der Waals surface area contributed by atoms with Crippen LogP contribution in [0.15, 0.2) is 15.1 Å².